The molecule has 0 aliphatic heterocycles. The van der Waals surface area contributed by atoms with E-state index in [1.165, 1.54) is 11.8 Å². The summed E-state index contributed by atoms with van der Waals surface area (Å²) in [5.74, 6) is 1.52. The van der Waals surface area contributed by atoms with E-state index in [0.717, 1.165) is 23.3 Å². The lowest BCUT2D eigenvalue weighted by atomic mass is 10.1. The zero-order chi connectivity index (χ0) is 19.6. The van der Waals surface area contributed by atoms with Crippen LogP contribution < -0.4 is 10.1 Å². The Hall–Kier alpha value is -2.87. The Morgan fingerprint density at radius 3 is 2.61 bits per heavy atom. The van der Waals surface area contributed by atoms with Gasteiger partial charge in [-0.3, -0.25) is 4.79 Å². The lowest BCUT2D eigenvalue weighted by Gasteiger charge is -2.08. The monoisotopic (exact) mass is 397 g/mol. The topological polar surface area (TPSA) is 81.9 Å². The van der Waals surface area contributed by atoms with Gasteiger partial charge in [0.2, 0.25) is 11.1 Å². The minimum absolute atomic E-state index is 0.0328. The van der Waals surface area contributed by atoms with Crippen molar-refractivity contribution in [1.82, 2.24) is 25.5 Å². The van der Waals surface area contributed by atoms with Crippen LogP contribution in [0.2, 0.25) is 0 Å². The number of nitrogens with one attached hydrogen (secondary N) is 1. The van der Waals surface area contributed by atoms with Gasteiger partial charge in [-0.25, -0.2) is 4.68 Å². The molecule has 0 fully saturated rings. The first-order chi connectivity index (χ1) is 13.7. The molecule has 146 valence electrons. The first kappa shape index (κ1) is 19.9. The van der Waals surface area contributed by atoms with Crippen LogP contribution in [0.3, 0.4) is 0 Å². The van der Waals surface area contributed by atoms with Crippen molar-refractivity contribution in [3.8, 4) is 5.75 Å². The summed E-state index contributed by atoms with van der Waals surface area (Å²) in [4.78, 5) is 11.9. The summed E-state index contributed by atoms with van der Waals surface area (Å²) in [7, 11) is 1.78. The second kappa shape index (κ2) is 10.5. The minimum atomic E-state index is 0.0328. The zero-order valence-electron chi connectivity index (χ0n) is 15.7. The van der Waals surface area contributed by atoms with Gasteiger partial charge in [-0.1, -0.05) is 54.2 Å². The predicted octanol–water partition coefficient (Wildman–Crippen LogP) is 2.63. The fourth-order valence-electron chi connectivity index (χ4n) is 2.51. The molecule has 0 radical (unpaired) electrons. The highest BCUT2D eigenvalue weighted by atomic mass is 32.2. The third-order valence-corrected chi connectivity index (χ3v) is 5.06. The summed E-state index contributed by atoms with van der Waals surface area (Å²) < 4.78 is 7.38. The predicted molar refractivity (Wildman–Crippen MR) is 108 cm³/mol. The fourth-order valence-corrected chi connectivity index (χ4v) is 3.29. The largest absolute Gasteiger partial charge is 0.489 e. The van der Waals surface area contributed by atoms with Crippen molar-refractivity contribution < 1.29 is 9.53 Å². The summed E-state index contributed by atoms with van der Waals surface area (Å²) in [5, 5.41) is 14.9. The smallest absolute Gasteiger partial charge is 0.220 e. The third kappa shape index (κ3) is 6.38. The molecule has 1 aromatic heterocycles. The van der Waals surface area contributed by atoms with Gasteiger partial charge in [0.1, 0.15) is 12.4 Å². The first-order valence-corrected chi connectivity index (χ1v) is 10.1. The van der Waals surface area contributed by atoms with E-state index in [0.29, 0.717) is 30.5 Å². The lowest BCUT2D eigenvalue weighted by molar-refractivity contribution is -0.120. The SMILES string of the molecule is Cn1nnnc1SCCC(=O)NCCc1ccc(OCc2ccccc2)cc1. The Labute approximate surface area is 168 Å². The normalized spacial score (nSPS) is 10.6. The molecular formula is C20H23N5O2S. The van der Waals surface area contributed by atoms with Gasteiger partial charge >= 0.3 is 0 Å². The Bertz CT molecular complexity index is 868. The van der Waals surface area contributed by atoms with Crippen LogP contribution in [0, 0.1) is 0 Å². The Kier molecular flexibility index (Phi) is 7.43. The lowest BCUT2D eigenvalue weighted by Crippen LogP contribution is -2.25. The molecule has 1 heterocycles. The highest BCUT2D eigenvalue weighted by molar-refractivity contribution is 7.99. The quantitative estimate of drug-likeness (QED) is 0.530. The number of thioether (sulfide) groups is 1. The molecule has 7 nitrogen and oxygen atoms in total. The standard InChI is InChI=1S/C20H23N5O2S/c1-25-20(22-23-24-25)28-14-12-19(26)21-13-11-16-7-9-18(10-8-16)27-15-17-5-3-2-4-6-17/h2-10H,11-15H2,1H3,(H,21,26). The van der Waals surface area contributed by atoms with Gasteiger partial charge in [0.25, 0.3) is 0 Å². The summed E-state index contributed by atoms with van der Waals surface area (Å²) in [6, 6.07) is 18.1. The Morgan fingerprint density at radius 2 is 1.89 bits per heavy atom. The molecule has 0 atom stereocenters. The summed E-state index contributed by atoms with van der Waals surface area (Å²) in [6.07, 6.45) is 1.22. The van der Waals surface area contributed by atoms with E-state index in [1.54, 1.807) is 11.7 Å². The van der Waals surface area contributed by atoms with Crippen molar-refractivity contribution in [2.75, 3.05) is 12.3 Å². The molecule has 0 aliphatic carbocycles. The van der Waals surface area contributed by atoms with E-state index in [-0.39, 0.29) is 5.91 Å². The first-order valence-electron chi connectivity index (χ1n) is 9.08. The average molecular weight is 398 g/mol. The van der Waals surface area contributed by atoms with Gasteiger partial charge in [-0.05, 0) is 40.1 Å². The highest BCUT2D eigenvalue weighted by Gasteiger charge is 2.06. The van der Waals surface area contributed by atoms with E-state index in [9.17, 15) is 4.79 Å². The van der Waals surface area contributed by atoms with Gasteiger partial charge in [0.15, 0.2) is 0 Å². The van der Waals surface area contributed by atoms with Crippen molar-refractivity contribution in [3.05, 3.63) is 65.7 Å². The van der Waals surface area contributed by atoms with Crippen LogP contribution in [0.5, 0.6) is 5.75 Å². The second-order valence-corrected chi connectivity index (χ2v) is 7.26. The van der Waals surface area contributed by atoms with Gasteiger partial charge in [-0.2, -0.15) is 0 Å². The van der Waals surface area contributed by atoms with Crippen LogP contribution >= 0.6 is 11.8 Å². The van der Waals surface area contributed by atoms with Crippen molar-refractivity contribution in [2.24, 2.45) is 7.05 Å². The van der Waals surface area contributed by atoms with Crippen LogP contribution in [0.4, 0.5) is 0 Å². The van der Waals surface area contributed by atoms with Crippen LogP contribution in [-0.4, -0.2) is 38.4 Å². The number of carbonyl (C=O) groups excluding carboxylic acids is 1. The second-order valence-electron chi connectivity index (χ2n) is 6.20. The number of benzene rings is 2. The molecule has 1 amide bonds. The maximum absolute atomic E-state index is 11.9. The molecule has 0 bridgehead atoms. The van der Waals surface area contributed by atoms with Crippen molar-refractivity contribution >= 4 is 17.7 Å². The average Bonchev–Trinajstić information content (AvgIpc) is 3.13. The van der Waals surface area contributed by atoms with Gasteiger partial charge < -0.3 is 10.1 Å². The number of carbonyl (C=O) groups is 1. The van der Waals surface area contributed by atoms with Crippen LogP contribution in [0.15, 0.2) is 59.8 Å². The number of amides is 1. The van der Waals surface area contributed by atoms with Gasteiger partial charge in [0, 0.05) is 25.8 Å². The maximum atomic E-state index is 11.9. The summed E-state index contributed by atoms with van der Waals surface area (Å²) in [5.41, 5.74) is 2.30. The number of nitrogens with zero attached hydrogens (tertiary/aromatic N) is 4. The van der Waals surface area contributed by atoms with Crippen LogP contribution in [-0.2, 0) is 24.9 Å². The highest BCUT2D eigenvalue weighted by Crippen LogP contribution is 2.15. The minimum Gasteiger partial charge on any atom is -0.489 e. The molecule has 0 saturated heterocycles. The number of hydrogen-bond donors (Lipinski definition) is 1. The van der Waals surface area contributed by atoms with E-state index in [4.69, 9.17) is 4.74 Å². The number of rotatable bonds is 10. The molecule has 0 aliphatic rings. The Morgan fingerprint density at radius 1 is 1.11 bits per heavy atom. The molecule has 28 heavy (non-hydrogen) atoms. The Balaban J connectivity index is 1.32. The van der Waals surface area contributed by atoms with Crippen molar-refractivity contribution in [2.45, 2.75) is 24.6 Å². The third-order valence-electron chi connectivity index (χ3n) is 4.05. The van der Waals surface area contributed by atoms with Crippen molar-refractivity contribution in [1.29, 1.82) is 0 Å². The molecular weight excluding hydrogens is 374 g/mol. The van der Waals surface area contributed by atoms with Crippen LogP contribution in [0.25, 0.3) is 0 Å². The van der Waals surface area contributed by atoms with Crippen LogP contribution in [0.1, 0.15) is 17.5 Å². The number of aromatic nitrogens is 4. The van der Waals surface area contributed by atoms with Crippen molar-refractivity contribution in [3.63, 3.8) is 0 Å². The van der Waals surface area contributed by atoms with E-state index in [1.807, 2.05) is 54.6 Å². The number of ether oxygens (including phenoxy) is 1. The maximum Gasteiger partial charge on any atom is 0.220 e. The molecule has 3 aromatic rings. The fraction of sp³-hybridized carbons (Fsp3) is 0.300. The zero-order valence-corrected chi connectivity index (χ0v) is 16.6. The summed E-state index contributed by atoms with van der Waals surface area (Å²) in [6.45, 7) is 1.16. The van der Waals surface area contributed by atoms with Gasteiger partial charge in [0.05, 0.1) is 0 Å². The molecule has 2 aromatic carbocycles. The molecule has 0 saturated carbocycles. The number of tetrazole rings is 1. The number of aryl methyl sites for hydroxylation is 1. The van der Waals surface area contributed by atoms with E-state index >= 15 is 0 Å². The van der Waals surface area contributed by atoms with Gasteiger partial charge in [-0.15, -0.1) is 5.10 Å². The van der Waals surface area contributed by atoms with E-state index < -0.39 is 0 Å². The molecule has 1 N–H and O–H groups in total. The summed E-state index contributed by atoms with van der Waals surface area (Å²) >= 11 is 1.47. The molecule has 8 heteroatoms. The van der Waals surface area contributed by atoms with E-state index in [2.05, 4.69) is 20.8 Å². The number of hydrogen-bond acceptors (Lipinski definition) is 6. The molecule has 0 spiro atoms. The molecule has 3 rings (SSSR count). The molecule has 0 unspecified atom stereocenters.